The molecular weight excluding hydrogens is 458 g/mol. The molecule has 0 aliphatic carbocycles. The van der Waals surface area contributed by atoms with Crippen LogP contribution in [0.4, 0.5) is 5.69 Å². The Labute approximate surface area is 202 Å². The third-order valence-electron chi connectivity index (χ3n) is 5.29. The number of aryl methyl sites for hydroxylation is 1. The average Bonchev–Trinajstić information content (AvgIpc) is 2.82. The van der Waals surface area contributed by atoms with Crippen molar-refractivity contribution < 1.29 is 14.3 Å². The minimum absolute atomic E-state index is 0.0850. The summed E-state index contributed by atoms with van der Waals surface area (Å²) in [5, 5.41) is 17.0. The molecule has 0 fully saturated rings. The van der Waals surface area contributed by atoms with Crippen LogP contribution < -0.4 is 10.6 Å². The van der Waals surface area contributed by atoms with Gasteiger partial charge in [-0.25, -0.2) is 4.79 Å². The molecular formula is C25H24ClN3O3S. The average molecular weight is 482 g/mol. The normalized spacial score (nSPS) is 15.5. The van der Waals surface area contributed by atoms with Crippen molar-refractivity contribution in [1.29, 1.82) is 5.26 Å². The predicted octanol–water partition coefficient (Wildman–Crippen LogP) is 5.14. The lowest BCUT2D eigenvalue weighted by Crippen LogP contribution is -2.29. The maximum absolute atomic E-state index is 12.7. The molecule has 1 atom stereocenters. The Hall–Kier alpha value is -3.21. The number of hydrogen-bond donors (Lipinski definition) is 2. The number of nitriles is 1. The SMILES string of the molecule is CCc1ccccc1NC(=O)CSC1=C(C#N)[C@@H](c2ccccc2Cl)C(C(=O)OC)=C(C)N1. The second-order valence-corrected chi connectivity index (χ2v) is 8.70. The van der Waals surface area contributed by atoms with E-state index in [0.717, 1.165) is 17.7 Å². The Morgan fingerprint density at radius 3 is 2.58 bits per heavy atom. The molecule has 1 aliphatic rings. The standard InChI is InChI=1S/C25H24ClN3O3S/c1-4-16-9-5-8-12-20(16)29-21(30)14-33-24-18(13-27)23(17-10-6-7-11-19(17)26)22(15(2)28-24)25(31)32-3/h5-12,23,28H,4,14H2,1-3H3,(H,29,30)/t23-/m1/s1. The number of carbonyl (C=O) groups is 2. The number of benzene rings is 2. The zero-order valence-electron chi connectivity index (χ0n) is 18.6. The Morgan fingerprint density at radius 1 is 1.21 bits per heavy atom. The van der Waals surface area contributed by atoms with Crippen LogP contribution in [0.3, 0.4) is 0 Å². The quantitative estimate of drug-likeness (QED) is 0.532. The van der Waals surface area contributed by atoms with Crippen molar-refractivity contribution in [3.63, 3.8) is 0 Å². The summed E-state index contributed by atoms with van der Waals surface area (Å²) in [5.74, 6) is -1.36. The van der Waals surface area contributed by atoms with Crippen LogP contribution in [0.1, 0.15) is 30.9 Å². The highest BCUT2D eigenvalue weighted by molar-refractivity contribution is 8.03. The molecule has 0 bridgehead atoms. The maximum atomic E-state index is 12.7. The second kappa shape index (κ2) is 11.1. The molecule has 0 saturated carbocycles. The number of para-hydroxylation sites is 1. The summed E-state index contributed by atoms with van der Waals surface area (Å²) in [6.07, 6.45) is 0.800. The van der Waals surface area contributed by atoms with Crippen molar-refractivity contribution in [2.45, 2.75) is 26.2 Å². The Kier molecular flexibility index (Phi) is 8.21. The fourth-order valence-electron chi connectivity index (χ4n) is 3.70. The molecule has 6 nitrogen and oxygen atoms in total. The first-order chi connectivity index (χ1) is 15.9. The van der Waals surface area contributed by atoms with Gasteiger partial charge in [0.25, 0.3) is 0 Å². The van der Waals surface area contributed by atoms with Crippen LogP contribution in [0.5, 0.6) is 0 Å². The lowest BCUT2D eigenvalue weighted by Gasteiger charge is -2.29. The van der Waals surface area contributed by atoms with Gasteiger partial charge in [-0.15, -0.1) is 0 Å². The highest BCUT2D eigenvalue weighted by atomic mass is 35.5. The molecule has 1 aliphatic heterocycles. The molecule has 0 spiro atoms. The van der Waals surface area contributed by atoms with Gasteiger partial charge in [-0.3, -0.25) is 4.79 Å². The van der Waals surface area contributed by atoms with E-state index in [2.05, 4.69) is 16.7 Å². The number of halogens is 1. The summed E-state index contributed by atoms with van der Waals surface area (Å²) in [4.78, 5) is 25.3. The number of dihydropyridines is 1. The lowest BCUT2D eigenvalue weighted by atomic mass is 9.82. The first-order valence-electron chi connectivity index (χ1n) is 10.4. The number of esters is 1. The monoisotopic (exact) mass is 481 g/mol. The maximum Gasteiger partial charge on any atom is 0.336 e. The van der Waals surface area contributed by atoms with Gasteiger partial charge < -0.3 is 15.4 Å². The molecule has 33 heavy (non-hydrogen) atoms. The van der Waals surface area contributed by atoms with Gasteiger partial charge in [0.2, 0.25) is 5.91 Å². The molecule has 8 heteroatoms. The second-order valence-electron chi connectivity index (χ2n) is 7.31. The van der Waals surface area contributed by atoms with Crippen LogP contribution >= 0.6 is 23.4 Å². The zero-order chi connectivity index (χ0) is 24.0. The van der Waals surface area contributed by atoms with Crippen molar-refractivity contribution in [2.75, 3.05) is 18.2 Å². The van der Waals surface area contributed by atoms with E-state index < -0.39 is 11.9 Å². The van der Waals surface area contributed by atoms with Crippen molar-refractivity contribution in [2.24, 2.45) is 0 Å². The minimum Gasteiger partial charge on any atom is -0.466 e. The van der Waals surface area contributed by atoms with Crippen LogP contribution in [-0.2, 0) is 20.7 Å². The smallest absolute Gasteiger partial charge is 0.336 e. The molecule has 1 amide bonds. The topological polar surface area (TPSA) is 91.2 Å². The number of rotatable bonds is 7. The van der Waals surface area contributed by atoms with Crippen molar-refractivity contribution in [3.8, 4) is 6.07 Å². The minimum atomic E-state index is -0.705. The molecule has 0 saturated heterocycles. The largest absolute Gasteiger partial charge is 0.466 e. The Morgan fingerprint density at radius 2 is 1.91 bits per heavy atom. The van der Waals surface area contributed by atoms with E-state index in [0.29, 0.717) is 32.5 Å². The fraction of sp³-hybridized carbons (Fsp3) is 0.240. The van der Waals surface area contributed by atoms with Gasteiger partial charge in [-0.1, -0.05) is 66.7 Å². The first kappa shape index (κ1) is 24.4. The highest BCUT2D eigenvalue weighted by Crippen LogP contribution is 2.43. The number of nitrogens with one attached hydrogen (secondary N) is 2. The molecule has 0 radical (unpaired) electrons. The van der Waals surface area contributed by atoms with Gasteiger partial charge in [0, 0.05) is 16.4 Å². The molecule has 1 heterocycles. The first-order valence-corrected chi connectivity index (χ1v) is 11.7. The van der Waals surface area contributed by atoms with E-state index in [9.17, 15) is 14.9 Å². The van der Waals surface area contributed by atoms with Gasteiger partial charge in [0.05, 0.1) is 41.0 Å². The van der Waals surface area contributed by atoms with Crippen molar-refractivity contribution in [3.05, 3.63) is 86.6 Å². The number of hydrogen-bond acceptors (Lipinski definition) is 6. The fourth-order valence-corrected chi connectivity index (χ4v) is 4.84. The molecule has 170 valence electrons. The summed E-state index contributed by atoms with van der Waals surface area (Å²) in [7, 11) is 1.30. The van der Waals surface area contributed by atoms with E-state index in [1.54, 1.807) is 31.2 Å². The van der Waals surface area contributed by atoms with Gasteiger partial charge in [0.1, 0.15) is 0 Å². The molecule has 0 unspecified atom stereocenters. The van der Waals surface area contributed by atoms with E-state index in [1.165, 1.54) is 18.9 Å². The Bertz CT molecular complexity index is 1180. The number of methoxy groups -OCH3 is 1. The third-order valence-corrected chi connectivity index (χ3v) is 6.65. The summed E-state index contributed by atoms with van der Waals surface area (Å²) in [6.45, 7) is 3.76. The number of anilines is 1. The summed E-state index contributed by atoms with van der Waals surface area (Å²) in [6, 6.07) is 16.9. The highest BCUT2D eigenvalue weighted by Gasteiger charge is 2.36. The van der Waals surface area contributed by atoms with E-state index in [4.69, 9.17) is 16.3 Å². The van der Waals surface area contributed by atoms with Crippen molar-refractivity contribution >= 4 is 40.9 Å². The zero-order valence-corrected chi connectivity index (χ0v) is 20.1. The number of ether oxygens (including phenoxy) is 1. The molecule has 2 aromatic carbocycles. The van der Waals surface area contributed by atoms with Gasteiger partial charge in [0.15, 0.2) is 0 Å². The van der Waals surface area contributed by atoms with Crippen LogP contribution in [0.25, 0.3) is 0 Å². The molecule has 2 N–H and O–H groups in total. The van der Waals surface area contributed by atoms with Gasteiger partial charge in [-0.2, -0.15) is 5.26 Å². The van der Waals surface area contributed by atoms with Crippen molar-refractivity contribution in [1.82, 2.24) is 5.32 Å². The molecule has 3 rings (SSSR count). The lowest BCUT2D eigenvalue weighted by molar-refractivity contribution is -0.136. The van der Waals surface area contributed by atoms with Crippen LogP contribution in [0.15, 0.2) is 70.4 Å². The number of thioether (sulfide) groups is 1. The van der Waals surface area contributed by atoms with Crippen LogP contribution in [0.2, 0.25) is 5.02 Å². The Balaban J connectivity index is 1.91. The number of carbonyl (C=O) groups excluding carboxylic acids is 2. The van der Waals surface area contributed by atoms with E-state index in [-0.39, 0.29) is 11.7 Å². The van der Waals surface area contributed by atoms with Crippen LogP contribution in [-0.4, -0.2) is 24.7 Å². The summed E-state index contributed by atoms with van der Waals surface area (Å²) in [5.41, 5.74) is 3.61. The van der Waals surface area contributed by atoms with E-state index in [1.807, 2.05) is 31.2 Å². The summed E-state index contributed by atoms with van der Waals surface area (Å²) < 4.78 is 4.98. The number of nitrogens with zero attached hydrogens (tertiary/aromatic N) is 1. The van der Waals surface area contributed by atoms with Crippen LogP contribution in [0, 0.1) is 11.3 Å². The predicted molar refractivity (Wildman–Crippen MR) is 132 cm³/mol. The molecule has 2 aromatic rings. The van der Waals surface area contributed by atoms with E-state index >= 15 is 0 Å². The molecule has 0 aromatic heterocycles. The van der Waals surface area contributed by atoms with Gasteiger partial charge >= 0.3 is 5.97 Å². The third kappa shape index (κ3) is 5.41. The number of amides is 1. The number of allylic oxidation sites excluding steroid dienone is 2. The summed E-state index contributed by atoms with van der Waals surface area (Å²) >= 11 is 7.64. The van der Waals surface area contributed by atoms with Gasteiger partial charge in [-0.05, 0) is 36.6 Å².